The van der Waals surface area contributed by atoms with Crippen molar-refractivity contribution in [3.05, 3.63) is 12.2 Å². The summed E-state index contributed by atoms with van der Waals surface area (Å²) in [5, 5.41) is 110. The van der Waals surface area contributed by atoms with Gasteiger partial charge in [0.1, 0.15) is 98.7 Å². The molecule has 0 aromatic carbocycles. The van der Waals surface area contributed by atoms with Gasteiger partial charge in [0, 0.05) is 19.3 Å². The van der Waals surface area contributed by atoms with E-state index in [4.69, 9.17) is 42.2 Å². The Balaban J connectivity index is 1.71. The van der Waals surface area contributed by atoms with Crippen LogP contribution >= 0.6 is 7.82 Å². The highest BCUT2D eigenvalue weighted by atomic mass is 31.2. The van der Waals surface area contributed by atoms with E-state index >= 15 is 0 Å². The van der Waals surface area contributed by atoms with Crippen molar-refractivity contribution in [2.24, 2.45) is 5.92 Å². The Labute approximate surface area is 618 Å². The van der Waals surface area contributed by atoms with E-state index in [2.05, 4.69) is 39.8 Å². The summed E-state index contributed by atoms with van der Waals surface area (Å²) in [6, 6.07) is 0. The van der Waals surface area contributed by atoms with Gasteiger partial charge in [0.05, 0.1) is 13.2 Å². The molecule has 19 unspecified atom stereocenters. The second kappa shape index (κ2) is 58.6. The number of hydrogen-bond donors (Lipinski definition) is 11. The first-order valence-electron chi connectivity index (χ1n) is 40.9. The van der Waals surface area contributed by atoms with Gasteiger partial charge in [0.15, 0.2) is 18.7 Å². The molecule has 25 heteroatoms. The first-order chi connectivity index (χ1) is 49.7. The lowest BCUT2D eigenvalue weighted by Gasteiger charge is -2.49. The van der Waals surface area contributed by atoms with E-state index in [1.165, 1.54) is 148 Å². The zero-order valence-corrected chi connectivity index (χ0v) is 64.7. The van der Waals surface area contributed by atoms with E-state index in [9.17, 15) is 74.9 Å². The van der Waals surface area contributed by atoms with Crippen LogP contribution in [0.1, 0.15) is 329 Å². The molecule has 2 saturated heterocycles. The van der Waals surface area contributed by atoms with Gasteiger partial charge in [0.25, 0.3) is 0 Å². The summed E-state index contributed by atoms with van der Waals surface area (Å²) < 4.78 is 65.3. The van der Waals surface area contributed by atoms with Crippen molar-refractivity contribution in [2.75, 3.05) is 26.4 Å². The average Bonchev–Trinajstić information content (AvgIpc) is 0.762. The van der Waals surface area contributed by atoms with Crippen LogP contribution in [-0.2, 0) is 61.2 Å². The third-order valence-corrected chi connectivity index (χ3v) is 21.4. The van der Waals surface area contributed by atoms with Gasteiger partial charge in [-0.15, -0.1) is 0 Å². The highest BCUT2D eigenvalue weighted by Gasteiger charge is 2.58. The fraction of sp³-hybridized carbons (Fsp3) is 0.936. The Kier molecular flexibility index (Phi) is 54.0. The van der Waals surface area contributed by atoms with Crippen molar-refractivity contribution in [3.8, 4) is 0 Å². The zero-order chi connectivity index (χ0) is 75.5. The van der Waals surface area contributed by atoms with Crippen LogP contribution in [0.3, 0.4) is 0 Å². The lowest BCUT2D eigenvalue weighted by molar-refractivity contribution is -0.360. The molecule has 1 aliphatic carbocycles. The predicted octanol–water partition coefficient (Wildman–Crippen LogP) is 12.5. The number of aliphatic hydroxyl groups excluding tert-OH is 10. The molecule has 19 atom stereocenters. The summed E-state index contributed by atoms with van der Waals surface area (Å²) in [4.78, 5) is 51.2. The molecule has 24 nitrogen and oxygen atoms in total. The number of unbranched alkanes of at least 4 members (excludes halogenated alkanes) is 37. The minimum atomic E-state index is -5.70. The lowest BCUT2D eigenvalue weighted by atomic mass is 9.84. The third-order valence-electron chi connectivity index (χ3n) is 20.4. The number of carbonyl (C=O) groups excluding carboxylic acids is 3. The number of allylic oxidation sites excluding steroid dienone is 2. The van der Waals surface area contributed by atoms with Crippen molar-refractivity contribution in [3.63, 3.8) is 0 Å². The summed E-state index contributed by atoms with van der Waals surface area (Å²) >= 11 is 0. The molecule has 0 bridgehead atoms. The van der Waals surface area contributed by atoms with Crippen LogP contribution in [0.2, 0.25) is 0 Å². The molecule has 2 heterocycles. The quantitative estimate of drug-likeness (QED) is 0.00886. The van der Waals surface area contributed by atoms with Crippen LogP contribution in [0.4, 0.5) is 0 Å². The van der Waals surface area contributed by atoms with Gasteiger partial charge in [-0.1, -0.05) is 277 Å². The summed E-state index contributed by atoms with van der Waals surface area (Å²) in [7, 11) is -5.70. The molecular formula is C78H145O24P. The van der Waals surface area contributed by atoms with Crippen LogP contribution in [0, 0.1) is 5.92 Å². The van der Waals surface area contributed by atoms with Gasteiger partial charge in [-0.05, 0) is 50.9 Å². The van der Waals surface area contributed by atoms with Crippen molar-refractivity contribution in [1.82, 2.24) is 0 Å². The SMILES string of the molecule is CCCCCC/C=C\CCCCCCCCCC(=O)OCC1OC(OC2C(O)C(O)C(O)C(OC3OC(CO)C(O)C(O)C3O)C2OP(=O)(O)OCC(COC(=O)CCCCCCCCC(C)CCCCCCCC)OC(=O)CCCCCCCCCCCCCCCCCCC)C(O)C(O)C1O. The molecule has 0 aromatic heterocycles. The smallest absolute Gasteiger partial charge is 0.463 e. The van der Waals surface area contributed by atoms with Crippen molar-refractivity contribution >= 4 is 25.7 Å². The van der Waals surface area contributed by atoms with E-state index in [0.29, 0.717) is 25.2 Å². The molecule has 1 saturated carbocycles. The van der Waals surface area contributed by atoms with Gasteiger partial charge in [-0.2, -0.15) is 0 Å². The fourth-order valence-electron chi connectivity index (χ4n) is 13.7. The summed E-state index contributed by atoms with van der Waals surface area (Å²) in [5.41, 5.74) is 0. The molecule has 0 spiro atoms. The number of esters is 3. The molecule has 3 aliphatic rings. The van der Waals surface area contributed by atoms with Crippen LogP contribution in [0.5, 0.6) is 0 Å². The molecule has 0 amide bonds. The first-order valence-corrected chi connectivity index (χ1v) is 42.4. The van der Waals surface area contributed by atoms with Crippen molar-refractivity contribution < 1.29 is 117 Å². The van der Waals surface area contributed by atoms with E-state index < -0.39 is 156 Å². The Morgan fingerprint density at radius 2 is 0.738 bits per heavy atom. The number of hydrogen-bond acceptors (Lipinski definition) is 23. The largest absolute Gasteiger partial charge is 0.472 e. The molecule has 0 radical (unpaired) electrons. The van der Waals surface area contributed by atoms with E-state index in [-0.39, 0.29) is 19.3 Å². The molecule has 2 aliphatic heterocycles. The topological polar surface area (TPSA) is 374 Å². The standard InChI is InChI=1S/C78H145O24P/c1-5-8-11-14-17-19-21-23-25-26-28-30-32-34-36-43-48-53-64(82)97-59(55-94-62(80)51-46-42-38-37-40-45-50-58(4)49-44-39-16-13-10-7-3)56-96-103(92,93)102-76-74(100-77-72(90)67(85)65(83)60(54-79)98-77)70(88)69(87)71(89)75(76)101-78-73(91)68(86)66(84)61(99-78)57-95-63(81)52-47-41-35-33-31-29-27-24-22-20-18-15-12-9-6-2/h20,22,58-61,65-79,83-91H,5-19,21,23-57H2,1-4H3,(H,92,93)/b22-20-. The van der Waals surface area contributed by atoms with Crippen molar-refractivity contribution in [2.45, 2.75) is 434 Å². The number of ether oxygens (including phenoxy) is 7. The Morgan fingerprint density at radius 3 is 1.16 bits per heavy atom. The zero-order valence-electron chi connectivity index (χ0n) is 63.8. The number of phosphoric acid groups is 1. The molecule has 0 aromatic rings. The summed E-state index contributed by atoms with van der Waals surface area (Å²) in [6.45, 7) is 5.81. The second-order valence-electron chi connectivity index (χ2n) is 29.8. The normalized spacial score (nSPS) is 27.2. The van der Waals surface area contributed by atoms with Gasteiger partial charge < -0.3 is 89.1 Å². The van der Waals surface area contributed by atoms with E-state index in [1.807, 2.05) is 0 Å². The molecule has 103 heavy (non-hydrogen) atoms. The van der Waals surface area contributed by atoms with Crippen LogP contribution < -0.4 is 0 Å². The monoisotopic (exact) mass is 1500 g/mol. The Morgan fingerprint density at radius 1 is 0.398 bits per heavy atom. The summed E-state index contributed by atoms with van der Waals surface area (Å²) in [6.07, 6.45) is 18.2. The van der Waals surface area contributed by atoms with Crippen molar-refractivity contribution in [1.29, 1.82) is 0 Å². The molecule has 606 valence electrons. The first kappa shape index (κ1) is 94.9. The lowest BCUT2D eigenvalue weighted by Crippen LogP contribution is -2.69. The highest BCUT2D eigenvalue weighted by molar-refractivity contribution is 7.47. The molecule has 11 N–H and O–H groups in total. The van der Waals surface area contributed by atoms with Gasteiger partial charge in [-0.3, -0.25) is 23.4 Å². The van der Waals surface area contributed by atoms with Crippen LogP contribution in [-0.4, -0.2) is 204 Å². The molecule has 3 rings (SSSR count). The maximum Gasteiger partial charge on any atom is 0.472 e. The average molecular weight is 1500 g/mol. The minimum absolute atomic E-state index is 0.0245. The Hall–Kier alpha value is -2.30. The van der Waals surface area contributed by atoms with Crippen LogP contribution in [0.15, 0.2) is 12.2 Å². The number of carbonyl (C=O) groups is 3. The number of rotatable bonds is 64. The predicted molar refractivity (Wildman–Crippen MR) is 393 cm³/mol. The summed E-state index contributed by atoms with van der Waals surface area (Å²) in [5.74, 6) is -1.28. The number of phosphoric ester groups is 1. The maximum absolute atomic E-state index is 14.4. The minimum Gasteiger partial charge on any atom is -0.463 e. The van der Waals surface area contributed by atoms with E-state index in [0.717, 1.165) is 116 Å². The number of aliphatic hydroxyl groups is 10. The Bertz CT molecular complexity index is 2180. The fourth-order valence-corrected chi connectivity index (χ4v) is 14.7. The highest BCUT2D eigenvalue weighted by Crippen LogP contribution is 2.49. The van der Waals surface area contributed by atoms with Gasteiger partial charge >= 0.3 is 25.7 Å². The molecular weight excluding hydrogens is 1350 g/mol. The third kappa shape index (κ3) is 41.4. The van der Waals surface area contributed by atoms with Gasteiger partial charge in [-0.25, -0.2) is 4.57 Å². The van der Waals surface area contributed by atoms with Gasteiger partial charge in [0.2, 0.25) is 0 Å². The molecule has 3 fully saturated rings. The van der Waals surface area contributed by atoms with E-state index in [1.54, 1.807) is 0 Å². The second-order valence-corrected chi connectivity index (χ2v) is 31.2. The van der Waals surface area contributed by atoms with Crippen LogP contribution in [0.25, 0.3) is 0 Å². The maximum atomic E-state index is 14.4.